The zero-order chi connectivity index (χ0) is 18.2. The van der Waals surface area contributed by atoms with Crippen LogP contribution in [-0.2, 0) is 9.59 Å². The molecule has 0 aliphatic rings. The molecule has 0 saturated heterocycles. The van der Waals surface area contributed by atoms with Gasteiger partial charge in [-0.2, -0.15) is 10.2 Å². The third-order valence-corrected chi connectivity index (χ3v) is 4.34. The number of nitrogens with zero attached hydrogens (tertiary/aromatic N) is 2. The van der Waals surface area contributed by atoms with E-state index in [0.717, 1.165) is 51.4 Å². The predicted octanol–water partition coefficient (Wildman–Crippen LogP) is 5.79. The molecule has 0 rings (SSSR count). The van der Waals surface area contributed by atoms with E-state index >= 15 is 0 Å². The number of rotatable bonds is 16. The van der Waals surface area contributed by atoms with Gasteiger partial charge in [0.15, 0.2) is 0 Å². The Morgan fingerprint density at radius 1 is 0.708 bits per heavy atom. The average Bonchev–Trinajstić information content (AvgIpc) is 2.58. The molecule has 0 N–H and O–H groups in total. The topological polar surface area (TPSA) is 58.9 Å². The fourth-order valence-corrected chi connectivity index (χ4v) is 2.39. The van der Waals surface area contributed by atoms with Gasteiger partial charge in [-0.15, -0.1) is 0 Å². The summed E-state index contributed by atoms with van der Waals surface area (Å²) < 4.78 is 0. The van der Waals surface area contributed by atoms with Crippen molar-refractivity contribution >= 4 is 11.6 Å². The molecule has 0 aliphatic carbocycles. The molecule has 4 nitrogen and oxygen atoms in total. The van der Waals surface area contributed by atoms with Crippen LogP contribution in [0.1, 0.15) is 91.9 Å². The van der Waals surface area contributed by atoms with Crippen molar-refractivity contribution in [2.24, 2.45) is 22.1 Å². The van der Waals surface area contributed by atoms with Crippen LogP contribution in [-0.4, -0.2) is 24.7 Å². The first-order chi connectivity index (χ1) is 11.5. The third-order valence-electron chi connectivity index (χ3n) is 4.34. The normalized spacial score (nSPS) is 14.0. The summed E-state index contributed by atoms with van der Waals surface area (Å²) in [6.07, 6.45) is 8.78. The SMILES string of the molecule is CCCCC(=O)CCC(C)CN=NCC(C)CCC(=O)CCCC. The minimum absolute atomic E-state index is 0.377. The van der Waals surface area contributed by atoms with Crippen LogP contribution >= 0.6 is 0 Å². The first-order valence-electron chi connectivity index (χ1n) is 9.86. The highest BCUT2D eigenvalue weighted by Gasteiger charge is 2.08. The first kappa shape index (κ1) is 22.9. The quantitative estimate of drug-likeness (QED) is 0.334. The molecule has 0 aliphatic heterocycles. The Kier molecular flexibility index (Phi) is 14.8. The molecule has 0 amide bonds. The van der Waals surface area contributed by atoms with Gasteiger partial charge in [0, 0.05) is 25.7 Å². The van der Waals surface area contributed by atoms with Crippen LogP contribution in [0.4, 0.5) is 0 Å². The molecule has 4 heteroatoms. The van der Waals surface area contributed by atoms with E-state index in [2.05, 4.69) is 37.9 Å². The van der Waals surface area contributed by atoms with Gasteiger partial charge in [0.05, 0.1) is 13.1 Å². The minimum atomic E-state index is 0.377. The molecule has 24 heavy (non-hydrogen) atoms. The first-order valence-corrected chi connectivity index (χ1v) is 9.86. The molecule has 2 atom stereocenters. The maximum atomic E-state index is 11.6. The summed E-state index contributed by atoms with van der Waals surface area (Å²) in [5, 5.41) is 8.51. The number of ketones is 2. The lowest BCUT2D eigenvalue weighted by molar-refractivity contribution is -0.120. The summed E-state index contributed by atoms with van der Waals surface area (Å²) in [6, 6.07) is 0. The Hall–Kier alpha value is -1.06. The number of carbonyl (C=O) groups is 2. The number of unbranched alkanes of at least 4 members (excludes halogenated alkanes) is 2. The van der Waals surface area contributed by atoms with Gasteiger partial charge in [0.1, 0.15) is 11.6 Å². The number of carbonyl (C=O) groups excluding carboxylic acids is 2. The van der Waals surface area contributed by atoms with Gasteiger partial charge in [-0.05, 0) is 37.5 Å². The summed E-state index contributed by atoms with van der Waals surface area (Å²) in [7, 11) is 0. The van der Waals surface area contributed by atoms with Crippen molar-refractivity contribution < 1.29 is 9.59 Å². The number of hydrogen-bond acceptors (Lipinski definition) is 4. The Morgan fingerprint density at radius 3 is 1.42 bits per heavy atom. The molecule has 0 aromatic rings. The van der Waals surface area contributed by atoms with Gasteiger partial charge in [-0.3, -0.25) is 9.59 Å². The van der Waals surface area contributed by atoms with E-state index in [0.29, 0.717) is 49.3 Å². The number of Topliss-reactive ketones (excluding diaryl/α,β-unsaturated/α-hetero) is 2. The maximum Gasteiger partial charge on any atom is 0.132 e. The highest BCUT2D eigenvalue weighted by atomic mass is 16.1. The van der Waals surface area contributed by atoms with Crippen LogP contribution in [0, 0.1) is 11.8 Å². The van der Waals surface area contributed by atoms with Crippen molar-refractivity contribution in [1.29, 1.82) is 0 Å². The molecule has 0 aromatic carbocycles. The van der Waals surface area contributed by atoms with E-state index < -0.39 is 0 Å². The summed E-state index contributed by atoms with van der Waals surface area (Å²) in [5.41, 5.74) is 0. The Morgan fingerprint density at radius 2 is 1.08 bits per heavy atom. The van der Waals surface area contributed by atoms with Crippen molar-refractivity contribution in [3.8, 4) is 0 Å². The molecule has 0 radical (unpaired) electrons. The maximum absolute atomic E-state index is 11.6. The van der Waals surface area contributed by atoms with E-state index in [1.807, 2.05) is 0 Å². The van der Waals surface area contributed by atoms with Gasteiger partial charge >= 0.3 is 0 Å². The van der Waals surface area contributed by atoms with Crippen molar-refractivity contribution in [3.05, 3.63) is 0 Å². The van der Waals surface area contributed by atoms with Crippen LogP contribution in [0.25, 0.3) is 0 Å². The van der Waals surface area contributed by atoms with Crippen LogP contribution < -0.4 is 0 Å². The van der Waals surface area contributed by atoms with E-state index in [1.54, 1.807) is 0 Å². The highest BCUT2D eigenvalue weighted by molar-refractivity contribution is 5.78. The summed E-state index contributed by atoms with van der Waals surface area (Å²) in [6.45, 7) is 9.87. The molecule has 0 saturated carbocycles. The van der Waals surface area contributed by atoms with Crippen LogP contribution in [0.3, 0.4) is 0 Å². The molecular formula is C20H38N2O2. The lowest BCUT2D eigenvalue weighted by atomic mass is 10.0. The van der Waals surface area contributed by atoms with Crippen LogP contribution in [0.2, 0.25) is 0 Å². The van der Waals surface area contributed by atoms with Gasteiger partial charge in [-0.1, -0.05) is 40.5 Å². The van der Waals surface area contributed by atoms with Gasteiger partial charge in [-0.25, -0.2) is 0 Å². The third kappa shape index (κ3) is 14.5. The second-order valence-electron chi connectivity index (χ2n) is 7.22. The van der Waals surface area contributed by atoms with Crippen molar-refractivity contribution in [2.75, 3.05) is 13.1 Å². The Bertz CT molecular complexity index is 333. The minimum Gasteiger partial charge on any atom is -0.300 e. The van der Waals surface area contributed by atoms with E-state index in [9.17, 15) is 9.59 Å². The largest absolute Gasteiger partial charge is 0.300 e. The molecule has 140 valence electrons. The van der Waals surface area contributed by atoms with Crippen molar-refractivity contribution in [2.45, 2.75) is 91.9 Å². The number of hydrogen-bond donors (Lipinski definition) is 0. The van der Waals surface area contributed by atoms with Gasteiger partial charge < -0.3 is 0 Å². The van der Waals surface area contributed by atoms with E-state index in [4.69, 9.17) is 0 Å². The monoisotopic (exact) mass is 338 g/mol. The zero-order valence-electron chi connectivity index (χ0n) is 16.4. The lowest BCUT2D eigenvalue weighted by Crippen LogP contribution is -2.06. The van der Waals surface area contributed by atoms with Gasteiger partial charge in [0.25, 0.3) is 0 Å². The zero-order valence-corrected chi connectivity index (χ0v) is 16.4. The summed E-state index contributed by atoms with van der Waals surface area (Å²) in [5.74, 6) is 1.57. The molecular weight excluding hydrogens is 300 g/mol. The van der Waals surface area contributed by atoms with Crippen LogP contribution in [0.15, 0.2) is 10.2 Å². The van der Waals surface area contributed by atoms with Crippen molar-refractivity contribution in [1.82, 2.24) is 0 Å². The second-order valence-corrected chi connectivity index (χ2v) is 7.22. The van der Waals surface area contributed by atoms with Gasteiger partial charge in [0.2, 0.25) is 0 Å². The Labute approximate surface area is 148 Å². The Balaban J connectivity index is 3.71. The van der Waals surface area contributed by atoms with Crippen LogP contribution in [0.5, 0.6) is 0 Å². The summed E-state index contributed by atoms with van der Waals surface area (Å²) in [4.78, 5) is 23.3. The smallest absolute Gasteiger partial charge is 0.132 e. The van der Waals surface area contributed by atoms with Crippen molar-refractivity contribution in [3.63, 3.8) is 0 Å². The average molecular weight is 339 g/mol. The molecule has 0 aromatic heterocycles. The fourth-order valence-electron chi connectivity index (χ4n) is 2.39. The predicted molar refractivity (Wildman–Crippen MR) is 100 cm³/mol. The molecule has 2 unspecified atom stereocenters. The second kappa shape index (κ2) is 15.5. The van der Waals surface area contributed by atoms with E-state index in [-0.39, 0.29) is 0 Å². The lowest BCUT2D eigenvalue weighted by Gasteiger charge is -2.08. The van der Waals surface area contributed by atoms with E-state index in [1.165, 1.54) is 0 Å². The fraction of sp³-hybridized carbons (Fsp3) is 0.900. The highest BCUT2D eigenvalue weighted by Crippen LogP contribution is 2.11. The molecule has 0 bridgehead atoms. The molecule has 0 spiro atoms. The number of azo groups is 1. The molecule has 0 heterocycles. The standard InChI is InChI=1S/C20H38N2O2/c1-5-7-9-19(23)13-11-17(3)15-21-22-16-18(4)12-14-20(24)10-8-6-2/h17-18H,5-16H2,1-4H3. The molecule has 0 fully saturated rings. The summed E-state index contributed by atoms with van der Waals surface area (Å²) >= 11 is 0.